The molecule has 0 aliphatic rings. The molecule has 0 amide bonds. The normalized spacial score (nSPS) is 15.0. The number of ether oxygens (including phenoxy) is 1. The summed E-state index contributed by atoms with van der Waals surface area (Å²) >= 11 is 0. The van der Waals surface area contributed by atoms with Crippen LogP contribution in [0.1, 0.15) is 27.2 Å². The summed E-state index contributed by atoms with van der Waals surface area (Å²) in [5.74, 6) is -1.22. The van der Waals surface area contributed by atoms with Gasteiger partial charge in [0.25, 0.3) is 0 Å². The predicted molar refractivity (Wildman–Crippen MR) is 44.2 cm³/mol. The van der Waals surface area contributed by atoms with Gasteiger partial charge < -0.3 is 10.5 Å². The van der Waals surface area contributed by atoms with Crippen molar-refractivity contribution in [1.82, 2.24) is 0 Å². The number of esters is 2. The lowest BCUT2D eigenvalue weighted by molar-refractivity contribution is -0.159. The molecule has 0 spiro atoms. The van der Waals surface area contributed by atoms with Gasteiger partial charge in [-0.15, -0.1) is 0 Å². The number of hydrogen-bond donors (Lipinski definition) is 1. The van der Waals surface area contributed by atoms with E-state index in [4.69, 9.17) is 5.73 Å². The highest BCUT2D eigenvalue weighted by atomic mass is 16.6. The monoisotopic (exact) mass is 173 g/mol. The Kier molecular flexibility index (Phi) is 4.51. The standard InChI is InChI=1S/C8H15NO3/c1-4-5(2)7(9)8(11)12-6(3)10/h5,7H,4,9H2,1-3H3/t5?,7-/m0/s1. The zero-order valence-corrected chi connectivity index (χ0v) is 7.66. The minimum Gasteiger partial charge on any atom is -0.392 e. The van der Waals surface area contributed by atoms with Crippen LogP contribution < -0.4 is 5.73 Å². The molecule has 0 fully saturated rings. The third-order valence-corrected chi connectivity index (χ3v) is 1.77. The largest absolute Gasteiger partial charge is 0.392 e. The predicted octanol–water partition coefficient (Wildman–Crippen LogP) is 0.449. The Morgan fingerprint density at radius 2 is 2.00 bits per heavy atom. The van der Waals surface area contributed by atoms with E-state index in [0.29, 0.717) is 0 Å². The van der Waals surface area contributed by atoms with Crippen LogP contribution in [0.15, 0.2) is 0 Å². The number of carbonyl (C=O) groups excluding carboxylic acids is 2. The fourth-order valence-electron chi connectivity index (χ4n) is 0.696. The molecule has 0 heterocycles. The van der Waals surface area contributed by atoms with Crippen LogP contribution in [0.4, 0.5) is 0 Å². The second kappa shape index (κ2) is 4.87. The van der Waals surface area contributed by atoms with Crippen LogP contribution in [-0.4, -0.2) is 18.0 Å². The van der Waals surface area contributed by atoms with Crippen LogP contribution in [-0.2, 0) is 14.3 Å². The fraction of sp³-hybridized carbons (Fsp3) is 0.750. The lowest BCUT2D eigenvalue weighted by Crippen LogP contribution is -2.38. The van der Waals surface area contributed by atoms with Gasteiger partial charge in [0.15, 0.2) is 0 Å². The molecule has 1 unspecified atom stereocenters. The van der Waals surface area contributed by atoms with Crippen molar-refractivity contribution in [2.24, 2.45) is 11.7 Å². The topological polar surface area (TPSA) is 69.4 Å². The zero-order valence-electron chi connectivity index (χ0n) is 7.66. The first-order valence-electron chi connectivity index (χ1n) is 3.96. The van der Waals surface area contributed by atoms with Crippen molar-refractivity contribution >= 4 is 11.9 Å². The Balaban J connectivity index is 4.01. The maximum atomic E-state index is 11.0. The molecule has 0 aromatic carbocycles. The molecular weight excluding hydrogens is 158 g/mol. The first-order chi connectivity index (χ1) is 5.49. The zero-order chi connectivity index (χ0) is 9.72. The van der Waals surface area contributed by atoms with Gasteiger partial charge in [-0.2, -0.15) is 0 Å². The van der Waals surface area contributed by atoms with E-state index in [2.05, 4.69) is 4.74 Å². The molecule has 2 N–H and O–H groups in total. The second-order valence-electron chi connectivity index (χ2n) is 2.82. The molecule has 0 saturated carbocycles. The van der Waals surface area contributed by atoms with Gasteiger partial charge in [-0.3, -0.25) is 4.79 Å². The Morgan fingerprint density at radius 1 is 1.50 bits per heavy atom. The van der Waals surface area contributed by atoms with Crippen LogP contribution in [0.2, 0.25) is 0 Å². The molecule has 0 aliphatic heterocycles. The molecule has 0 aromatic heterocycles. The first kappa shape index (κ1) is 11.1. The maximum absolute atomic E-state index is 11.0. The Labute approximate surface area is 72.1 Å². The van der Waals surface area contributed by atoms with E-state index in [-0.39, 0.29) is 5.92 Å². The van der Waals surface area contributed by atoms with Gasteiger partial charge >= 0.3 is 11.9 Å². The van der Waals surface area contributed by atoms with Crippen LogP contribution in [0.5, 0.6) is 0 Å². The SMILES string of the molecule is CCC(C)[C@H](N)C(=O)OC(C)=O. The highest BCUT2D eigenvalue weighted by Gasteiger charge is 2.21. The van der Waals surface area contributed by atoms with Gasteiger partial charge in [-0.1, -0.05) is 20.3 Å². The summed E-state index contributed by atoms with van der Waals surface area (Å²) in [4.78, 5) is 21.4. The average molecular weight is 173 g/mol. The van der Waals surface area contributed by atoms with Crippen molar-refractivity contribution in [3.63, 3.8) is 0 Å². The van der Waals surface area contributed by atoms with Crippen LogP contribution in [0, 0.1) is 5.92 Å². The van der Waals surface area contributed by atoms with Gasteiger partial charge in [-0.25, -0.2) is 4.79 Å². The van der Waals surface area contributed by atoms with Crippen LogP contribution in [0.3, 0.4) is 0 Å². The fourth-order valence-corrected chi connectivity index (χ4v) is 0.696. The van der Waals surface area contributed by atoms with Crippen molar-refractivity contribution in [3.8, 4) is 0 Å². The molecular formula is C8H15NO3. The Morgan fingerprint density at radius 3 is 2.33 bits per heavy atom. The molecule has 70 valence electrons. The molecule has 0 aromatic rings. The lowest BCUT2D eigenvalue weighted by atomic mass is 10.0. The van der Waals surface area contributed by atoms with E-state index in [1.807, 2.05) is 13.8 Å². The van der Waals surface area contributed by atoms with Crippen molar-refractivity contribution in [2.45, 2.75) is 33.2 Å². The minimum absolute atomic E-state index is 0.0387. The first-order valence-corrected chi connectivity index (χ1v) is 3.96. The summed E-state index contributed by atoms with van der Waals surface area (Å²) in [5, 5.41) is 0. The van der Waals surface area contributed by atoms with Crippen LogP contribution in [0.25, 0.3) is 0 Å². The smallest absolute Gasteiger partial charge is 0.330 e. The third kappa shape index (κ3) is 3.48. The van der Waals surface area contributed by atoms with Gasteiger partial charge in [0.05, 0.1) is 0 Å². The third-order valence-electron chi connectivity index (χ3n) is 1.77. The molecule has 4 nitrogen and oxygen atoms in total. The second-order valence-corrected chi connectivity index (χ2v) is 2.82. The highest BCUT2D eigenvalue weighted by molar-refractivity contribution is 5.87. The molecule has 2 atom stereocenters. The van der Waals surface area contributed by atoms with Crippen molar-refractivity contribution in [1.29, 1.82) is 0 Å². The lowest BCUT2D eigenvalue weighted by Gasteiger charge is -2.14. The van der Waals surface area contributed by atoms with Gasteiger partial charge in [0.2, 0.25) is 0 Å². The molecule has 0 saturated heterocycles. The van der Waals surface area contributed by atoms with Gasteiger partial charge in [-0.05, 0) is 5.92 Å². The Bertz CT molecular complexity index is 179. The number of carbonyl (C=O) groups is 2. The molecule has 0 rings (SSSR count). The van der Waals surface area contributed by atoms with E-state index in [1.165, 1.54) is 6.92 Å². The van der Waals surface area contributed by atoms with Crippen molar-refractivity contribution in [2.75, 3.05) is 0 Å². The van der Waals surface area contributed by atoms with E-state index < -0.39 is 18.0 Å². The van der Waals surface area contributed by atoms with E-state index >= 15 is 0 Å². The molecule has 0 bridgehead atoms. The number of nitrogens with two attached hydrogens (primary N) is 1. The minimum atomic E-state index is -0.695. The number of hydrogen-bond acceptors (Lipinski definition) is 4. The number of rotatable bonds is 3. The van der Waals surface area contributed by atoms with Crippen molar-refractivity contribution in [3.05, 3.63) is 0 Å². The summed E-state index contributed by atoms with van der Waals surface area (Å²) in [6, 6.07) is -0.695. The summed E-state index contributed by atoms with van der Waals surface area (Å²) < 4.78 is 4.33. The summed E-state index contributed by atoms with van der Waals surface area (Å²) in [6.07, 6.45) is 0.786. The summed E-state index contributed by atoms with van der Waals surface area (Å²) in [6.45, 7) is 4.94. The van der Waals surface area contributed by atoms with E-state index in [0.717, 1.165) is 6.42 Å². The molecule has 0 aliphatic carbocycles. The Hall–Kier alpha value is -0.900. The molecule has 12 heavy (non-hydrogen) atoms. The summed E-state index contributed by atoms with van der Waals surface area (Å²) in [7, 11) is 0. The van der Waals surface area contributed by atoms with Crippen LogP contribution >= 0.6 is 0 Å². The quantitative estimate of drug-likeness (QED) is 0.497. The van der Waals surface area contributed by atoms with Gasteiger partial charge in [0, 0.05) is 6.92 Å². The van der Waals surface area contributed by atoms with E-state index in [9.17, 15) is 9.59 Å². The summed E-state index contributed by atoms with van der Waals surface area (Å²) in [5.41, 5.74) is 5.49. The van der Waals surface area contributed by atoms with Gasteiger partial charge in [0.1, 0.15) is 6.04 Å². The molecule has 0 radical (unpaired) electrons. The van der Waals surface area contributed by atoms with E-state index in [1.54, 1.807) is 0 Å². The highest BCUT2D eigenvalue weighted by Crippen LogP contribution is 2.06. The van der Waals surface area contributed by atoms with Crippen molar-refractivity contribution < 1.29 is 14.3 Å². The average Bonchev–Trinajstić information content (AvgIpc) is 2.00. The molecule has 4 heteroatoms. The maximum Gasteiger partial charge on any atom is 0.330 e.